The monoisotopic (exact) mass is 448 g/mol. The van der Waals surface area contributed by atoms with E-state index in [0.29, 0.717) is 29.0 Å². The van der Waals surface area contributed by atoms with Gasteiger partial charge in [0.15, 0.2) is 23.0 Å². The second-order valence-corrected chi connectivity index (χ2v) is 8.93. The van der Waals surface area contributed by atoms with Crippen LogP contribution in [-0.4, -0.2) is 49.7 Å². The van der Waals surface area contributed by atoms with Crippen LogP contribution in [0.25, 0.3) is 28.1 Å². The summed E-state index contributed by atoms with van der Waals surface area (Å²) in [6, 6.07) is 11.1. The Bertz CT molecular complexity index is 1320. The third-order valence-corrected chi connectivity index (χ3v) is 6.85. The van der Waals surface area contributed by atoms with E-state index in [-0.39, 0.29) is 17.3 Å². The summed E-state index contributed by atoms with van der Waals surface area (Å²) in [4.78, 5) is 7.17. The summed E-state index contributed by atoms with van der Waals surface area (Å²) in [5, 5.41) is 9.43. The number of fused-ring (bicyclic) bond motifs is 2. The number of likely N-dealkylation sites (tertiary alicyclic amines) is 1. The zero-order chi connectivity index (χ0) is 23.2. The maximum absolute atomic E-state index is 14.2. The highest BCUT2D eigenvalue weighted by atomic mass is 19.1. The Kier molecular flexibility index (Phi) is 5.50. The number of pyridine rings is 2. The molecule has 1 aliphatic heterocycles. The van der Waals surface area contributed by atoms with Gasteiger partial charge in [0.25, 0.3) is 0 Å². The summed E-state index contributed by atoms with van der Waals surface area (Å²) in [5.41, 5.74) is 9.65. The maximum atomic E-state index is 14.2. The van der Waals surface area contributed by atoms with Crippen molar-refractivity contribution in [1.82, 2.24) is 24.5 Å². The lowest BCUT2D eigenvalue weighted by atomic mass is 9.97. The van der Waals surface area contributed by atoms with Crippen LogP contribution in [-0.2, 0) is 0 Å². The average molecular weight is 449 g/mol. The summed E-state index contributed by atoms with van der Waals surface area (Å²) in [5.74, 6) is 0.453. The molecule has 4 heterocycles. The van der Waals surface area contributed by atoms with Crippen molar-refractivity contribution in [2.75, 3.05) is 19.7 Å². The molecule has 172 valence electrons. The lowest BCUT2D eigenvalue weighted by Gasteiger charge is -2.27. The van der Waals surface area contributed by atoms with Crippen molar-refractivity contribution in [2.24, 2.45) is 5.73 Å². The van der Waals surface area contributed by atoms with Crippen molar-refractivity contribution in [3.8, 4) is 17.3 Å². The number of nitrogens with zero attached hydrogens (tertiary/aromatic N) is 5. The molecule has 1 saturated heterocycles. The van der Waals surface area contributed by atoms with E-state index in [1.54, 1.807) is 6.07 Å². The lowest BCUT2D eigenvalue weighted by molar-refractivity contribution is 0.242. The number of aromatic nitrogens is 4. The Morgan fingerprint density at radius 1 is 1.18 bits per heavy atom. The first-order chi connectivity index (χ1) is 15.9. The maximum Gasteiger partial charge on any atom is 0.187 e. The van der Waals surface area contributed by atoms with E-state index in [9.17, 15) is 4.39 Å². The zero-order valence-electron chi connectivity index (χ0n) is 19.3. The van der Waals surface area contributed by atoms with Crippen LogP contribution in [0.1, 0.15) is 45.2 Å². The quantitative estimate of drug-likeness (QED) is 0.472. The van der Waals surface area contributed by atoms with Crippen molar-refractivity contribution >= 4 is 16.6 Å². The summed E-state index contributed by atoms with van der Waals surface area (Å²) in [7, 11) is 0. The summed E-state index contributed by atoms with van der Waals surface area (Å²) >= 11 is 0. The molecule has 1 fully saturated rings. The first-order valence-corrected chi connectivity index (χ1v) is 11.5. The molecule has 33 heavy (non-hydrogen) atoms. The molecule has 3 aromatic heterocycles. The predicted octanol–water partition coefficient (Wildman–Crippen LogP) is 4.36. The van der Waals surface area contributed by atoms with Crippen LogP contribution in [0.3, 0.4) is 0 Å². The minimum Gasteiger partial charge on any atom is -0.491 e. The first kappa shape index (κ1) is 21.7. The predicted molar refractivity (Wildman–Crippen MR) is 127 cm³/mol. The van der Waals surface area contributed by atoms with Crippen LogP contribution in [0.5, 0.6) is 5.75 Å². The molecule has 0 aliphatic carbocycles. The fourth-order valence-electron chi connectivity index (χ4n) is 4.60. The van der Waals surface area contributed by atoms with Crippen molar-refractivity contribution < 1.29 is 9.13 Å². The van der Waals surface area contributed by atoms with Crippen LogP contribution < -0.4 is 10.5 Å². The molecule has 0 amide bonds. The number of rotatable bonds is 6. The molecular formula is C25H29FN6O. The van der Waals surface area contributed by atoms with E-state index in [4.69, 9.17) is 15.5 Å². The molecular weight excluding hydrogens is 419 g/mol. The van der Waals surface area contributed by atoms with Gasteiger partial charge >= 0.3 is 0 Å². The summed E-state index contributed by atoms with van der Waals surface area (Å²) < 4.78 is 21.6. The fraction of sp³-hybridized carbons (Fsp3) is 0.400. The molecule has 7 nitrogen and oxygen atoms in total. The molecule has 0 radical (unpaired) electrons. The first-order valence-electron chi connectivity index (χ1n) is 11.5. The Balaban J connectivity index is 1.51. The number of benzene rings is 1. The average Bonchev–Trinajstić information content (AvgIpc) is 3.43. The second kappa shape index (κ2) is 8.35. The largest absolute Gasteiger partial charge is 0.491 e. The second-order valence-electron chi connectivity index (χ2n) is 8.93. The minimum atomic E-state index is -0.392. The number of halogens is 1. The van der Waals surface area contributed by atoms with Gasteiger partial charge in [0.05, 0.1) is 12.1 Å². The van der Waals surface area contributed by atoms with Crippen LogP contribution in [0.15, 0.2) is 42.6 Å². The molecule has 2 atom stereocenters. The van der Waals surface area contributed by atoms with Crippen molar-refractivity contribution in [3.63, 3.8) is 0 Å². The van der Waals surface area contributed by atoms with Gasteiger partial charge < -0.3 is 10.5 Å². The third kappa shape index (κ3) is 3.94. The van der Waals surface area contributed by atoms with E-state index in [1.165, 1.54) is 11.6 Å². The molecule has 1 unspecified atom stereocenters. The lowest BCUT2D eigenvalue weighted by Crippen LogP contribution is -2.42. The van der Waals surface area contributed by atoms with E-state index >= 15 is 0 Å². The van der Waals surface area contributed by atoms with Gasteiger partial charge in [-0.2, -0.15) is 0 Å². The highest BCUT2D eigenvalue weighted by Crippen LogP contribution is 2.31. The van der Waals surface area contributed by atoms with E-state index < -0.39 is 5.82 Å². The normalized spacial score (nSPS) is 20.0. The third-order valence-electron chi connectivity index (χ3n) is 6.85. The van der Waals surface area contributed by atoms with Gasteiger partial charge in [0, 0.05) is 42.3 Å². The highest BCUT2D eigenvalue weighted by Gasteiger charge is 2.35. The minimum absolute atomic E-state index is 0.102. The molecule has 0 bridgehead atoms. The van der Waals surface area contributed by atoms with E-state index in [1.807, 2.05) is 29.5 Å². The molecule has 0 spiro atoms. The standard InChI is InChI=1S/C25H29FN6O/c1-4-25(27)10-11-31(15-25)16(3)18-7-9-23-29-30-24(32(23)14-18)20-8-6-17-12-19(26)22(33-5-2)13-21(17)28-20/h6-9,12-14,16H,4-5,10-11,15,27H2,1-3H3/t16-,25?/m0/s1. The smallest absolute Gasteiger partial charge is 0.187 e. The summed E-state index contributed by atoms with van der Waals surface area (Å²) in [6.07, 6.45) is 4.08. The Labute approximate surface area is 192 Å². The SMILES string of the molecule is CCOc1cc2nc(-c3nnc4ccc([C@H](C)N5CCC(N)(CC)C5)cn34)ccc2cc1F. The van der Waals surface area contributed by atoms with Gasteiger partial charge in [-0.1, -0.05) is 19.1 Å². The molecule has 1 aromatic carbocycles. The molecule has 1 aliphatic rings. The van der Waals surface area contributed by atoms with Gasteiger partial charge in [-0.3, -0.25) is 9.30 Å². The molecule has 0 saturated carbocycles. The molecule has 4 aromatic rings. The van der Waals surface area contributed by atoms with Gasteiger partial charge in [0.2, 0.25) is 0 Å². The van der Waals surface area contributed by atoms with Gasteiger partial charge in [-0.25, -0.2) is 9.37 Å². The van der Waals surface area contributed by atoms with Crippen LogP contribution in [0, 0.1) is 5.82 Å². The van der Waals surface area contributed by atoms with Crippen molar-refractivity contribution in [3.05, 3.63) is 54.0 Å². The van der Waals surface area contributed by atoms with E-state index in [0.717, 1.165) is 31.6 Å². The topological polar surface area (TPSA) is 81.6 Å². The molecule has 5 rings (SSSR count). The Morgan fingerprint density at radius 2 is 2.03 bits per heavy atom. The Hall–Kier alpha value is -3.10. The number of ether oxygens (including phenoxy) is 1. The number of hydrogen-bond acceptors (Lipinski definition) is 6. The van der Waals surface area contributed by atoms with Gasteiger partial charge in [0.1, 0.15) is 5.69 Å². The van der Waals surface area contributed by atoms with Crippen LogP contribution in [0.2, 0.25) is 0 Å². The number of hydrogen-bond donors (Lipinski definition) is 1. The number of nitrogens with two attached hydrogens (primary N) is 1. The molecule has 8 heteroatoms. The van der Waals surface area contributed by atoms with Crippen LogP contribution in [0.4, 0.5) is 4.39 Å². The van der Waals surface area contributed by atoms with Crippen LogP contribution >= 0.6 is 0 Å². The highest BCUT2D eigenvalue weighted by molar-refractivity contribution is 5.82. The van der Waals surface area contributed by atoms with Crippen molar-refractivity contribution in [2.45, 2.75) is 45.2 Å². The van der Waals surface area contributed by atoms with E-state index in [2.05, 4.69) is 41.2 Å². The zero-order valence-corrected chi connectivity index (χ0v) is 19.3. The van der Waals surface area contributed by atoms with Gasteiger partial charge in [-0.15, -0.1) is 10.2 Å². The fourth-order valence-corrected chi connectivity index (χ4v) is 4.60. The van der Waals surface area contributed by atoms with Crippen molar-refractivity contribution in [1.29, 1.82) is 0 Å². The molecule has 2 N–H and O–H groups in total. The van der Waals surface area contributed by atoms with Gasteiger partial charge in [-0.05, 0) is 50.5 Å². The Morgan fingerprint density at radius 3 is 2.79 bits per heavy atom. The summed E-state index contributed by atoms with van der Waals surface area (Å²) in [6.45, 7) is 8.47.